The summed E-state index contributed by atoms with van der Waals surface area (Å²) in [5.41, 5.74) is 0. The molecule has 2 heteroatoms. The summed E-state index contributed by atoms with van der Waals surface area (Å²) >= 11 is 0. The van der Waals surface area contributed by atoms with Crippen LogP contribution < -0.4 is 5.32 Å². The van der Waals surface area contributed by atoms with Gasteiger partial charge in [0.15, 0.2) is 0 Å². The molecule has 0 aliphatic rings. The minimum absolute atomic E-state index is 1.03. The Balaban J connectivity index is 2.91. The van der Waals surface area contributed by atoms with Crippen LogP contribution in [0.15, 0.2) is 12.3 Å². The van der Waals surface area contributed by atoms with Crippen LogP contribution in [-0.4, -0.2) is 32.1 Å². The number of likely N-dealkylation sites (N-methyl/N-ethyl adjacent to an activating group) is 1. The number of rotatable bonds is 4. The summed E-state index contributed by atoms with van der Waals surface area (Å²) in [5.74, 6) is 0. The van der Waals surface area contributed by atoms with Crippen LogP contribution in [0.4, 0.5) is 0 Å². The molecular weight excluding hydrogens is 112 g/mol. The van der Waals surface area contributed by atoms with Crippen molar-refractivity contribution in [3.63, 3.8) is 0 Å². The third-order valence-corrected chi connectivity index (χ3v) is 0.988. The van der Waals surface area contributed by atoms with E-state index in [-0.39, 0.29) is 0 Å². The molecule has 0 rings (SSSR count). The first-order valence-corrected chi connectivity index (χ1v) is 3.26. The molecule has 0 atom stereocenters. The molecule has 0 radical (unpaired) electrons. The standard InChI is InChI=1S/C7H16N2/c1-4-5-8-6-7-9(2)3/h4-5,8H,6-7H2,1-3H3/b5-4+. The maximum atomic E-state index is 3.14. The van der Waals surface area contributed by atoms with Crippen molar-refractivity contribution in [2.45, 2.75) is 6.92 Å². The highest BCUT2D eigenvalue weighted by molar-refractivity contribution is 4.73. The molecule has 0 bridgehead atoms. The van der Waals surface area contributed by atoms with E-state index in [0.29, 0.717) is 0 Å². The van der Waals surface area contributed by atoms with Crippen LogP contribution in [0, 0.1) is 0 Å². The fourth-order valence-electron chi connectivity index (χ4n) is 0.489. The van der Waals surface area contributed by atoms with E-state index < -0.39 is 0 Å². The number of hydrogen-bond acceptors (Lipinski definition) is 2. The summed E-state index contributed by atoms with van der Waals surface area (Å²) in [5, 5.41) is 3.14. The summed E-state index contributed by atoms with van der Waals surface area (Å²) in [6.07, 6.45) is 3.96. The highest BCUT2D eigenvalue weighted by Crippen LogP contribution is 1.70. The average molecular weight is 128 g/mol. The molecule has 2 nitrogen and oxygen atoms in total. The molecule has 0 unspecified atom stereocenters. The van der Waals surface area contributed by atoms with Crippen molar-refractivity contribution in [3.05, 3.63) is 12.3 Å². The van der Waals surface area contributed by atoms with Crippen LogP contribution >= 0.6 is 0 Å². The zero-order chi connectivity index (χ0) is 7.11. The van der Waals surface area contributed by atoms with Gasteiger partial charge in [0.2, 0.25) is 0 Å². The number of nitrogens with one attached hydrogen (secondary N) is 1. The van der Waals surface area contributed by atoms with E-state index in [0.717, 1.165) is 13.1 Å². The van der Waals surface area contributed by atoms with E-state index in [1.165, 1.54) is 0 Å². The van der Waals surface area contributed by atoms with Gasteiger partial charge in [-0.25, -0.2) is 0 Å². The second-order valence-electron chi connectivity index (χ2n) is 2.26. The van der Waals surface area contributed by atoms with Gasteiger partial charge in [-0.1, -0.05) is 6.08 Å². The van der Waals surface area contributed by atoms with Gasteiger partial charge in [-0.2, -0.15) is 0 Å². The second-order valence-corrected chi connectivity index (χ2v) is 2.26. The first-order valence-electron chi connectivity index (χ1n) is 3.26. The Labute approximate surface area is 57.5 Å². The third kappa shape index (κ3) is 7.50. The lowest BCUT2D eigenvalue weighted by atomic mass is 10.5. The SMILES string of the molecule is C/C=C/NCCN(C)C. The first kappa shape index (κ1) is 8.50. The van der Waals surface area contributed by atoms with E-state index >= 15 is 0 Å². The van der Waals surface area contributed by atoms with Gasteiger partial charge in [-0.3, -0.25) is 0 Å². The first-order chi connectivity index (χ1) is 4.27. The van der Waals surface area contributed by atoms with Crippen molar-refractivity contribution in [3.8, 4) is 0 Å². The molecule has 0 saturated heterocycles. The Bertz CT molecular complexity index is 77.0. The number of hydrogen-bond donors (Lipinski definition) is 1. The molecule has 9 heavy (non-hydrogen) atoms. The van der Waals surface area contributed by atoms with Gasteiger partial charge in [0.1, 0.15) is 0 Å². The largest absolute Gasteiger partial charge is 0.390 e. The van der Waals surface area contributed by atoms with Crippen molar-refractivity contribution >= 4 is 0 Å². The summed E-state index contributed by atoms with van der Waals surface area (Å²) < 4.78 is 0. The minimum atomic E-state index is 1.03. The van der Waals surface area contributed by atoms with Gasteiger partial charge >= 0.3 is 0 Å². The van der Waals surface area contributed by atoms with Gasteiger partial charge in [-0.15, -0.1) is 0 Å². The van der Waals surface area contributed by atoms with Crippen molar-refractivity contribution in [1.29, 1.82) is 0 Å². The molecule has 0 aromatic rings. The molecule has 0 heterocycles. The fraction of sp³-hybridized carbons (Fsp3) is 0.714. The third-order valence-electron chi connectivity index (χ3n) is 0.988. The highest BCUT2D eigenvalue weighted by Gasteiger charge is 1.83. The monoisotopic (exact) mass is 128 g/mol. The van der Waals surface area contributed by atoms with Gasteiger partial charge in [0.05, 0.1) is 0 Å². The zero-order valence-corrected chi connectivity index (χ0v) is 6.52. The summed E-state index contributed by atoms with van der Waals surface area (Å²) in [4.78, 5) is 2.15. The molecule has 0 aromatic heterocycles. The summed E-state index contributed by atoms with van der Waals surface area (Å²) in [6, 6.07) is 0. The molecule has 0 aliphatic heterocycles. The molecule has 0 aromatic carbocycles. The average Bonchev–Trinajstić information content (AvgIpc) is 1.80. The molecule has 0 fully saturated rings. The Kier molecular flexibility index (Phi) is 5.32. The maximum Gasteiger partial charge on any atom is 0.0268 e. The maximum absolute atomic E-state index is 3.14. The Morgan fingerprint density at radius 2 is 2.11 bits per heavy atom. The van der Waals surface area contributed by atoms with Gasteiger partial charge in [-0.05, 0) is 27.2 Å². The van der Waals surface area contributed by atoms with E-state index in [2.05, 4.69) is 24.3 Å². The highest BCUT2D eigenvalue weighted by atomic mass is 15.1. The quantitative estimate of drug-likeness (QED) is 0.560. The Morgan fingerprint density at radius 3 is 2.56 bits per heavy atom. The number of allylic oxidation sites excluding steroid dienone is 1. The summed E-state index contributed by atoms with van der Waals surface area (Å²) in [6.45, 7) is 4.12. The van der Waals surface area contributed by atoms with Gasteiger partial charge in [0, 0.05) is 13.1 Å². The lowest BCUT2D eigenvalue weighted by Crippen LogP contribution is -2.23. The molecule has 1 N–H and O–H groups in total. The van der Waals surface area contributed by atoms with Gasteiger partial charge < -0.3 is 10.2 Å². The van der Waals surface area contributed by atoms with Crippen LogP contribution in [0.3, 0.4) is 0 Å². The van der Waals surface area contributed by atoms with E-state index in [1.807, 2.05) is 19.2 Å². The van der Waals surface area contributed by atoms with Crippen molar-refractivity contribution < 1.29 is 0 Å². The molecular formula is C7H16N2. The minimum Gasteiger partial charge on any atom is -0.390 e. The van der Waals surface area contributed by atoms with Crippen molar-refractivity contribution in [1.82, 2.24) is 10.2 Å². The second kappa shape index (κ2) is 5.63. The predicted octanol–water partition coefficient (Wildman–Crippen LogP) is 0.671. The summed E-state index contributed by atoms with van der Waals surface area (Å²) in [7, 11) is 4.13. The Hall–Kier alpha value is -0.500. The van der Waals surface area contributed by atoms with Crippen LogP contribution in [0.25, 0.3) is 0 Å². The lowest BCUT2D eigenvalue weighted by Gasteiger charge is -2.07. The van der Waals surface area contributed by atoms with Crippen LogP contribution in [0.5, 0.6) is 0 Å². The molecule has 0 aliphatic carbocycles. The van der Waals surface area contributed by atoms with Crippen molar-refractivity contribution in [2.75, 3.05) is 27.2 Å². The van der Waals surface area contributed by atoms with Crippen LogP contribution in [-0.2, 0) is 0 Å². The smallest absolute Gasteiger partial charge is 0.0268 e. The van der Waals surface area contributed by atoms with E-state index in [4.69, 9.17) is 0 Å². The fourth-order valence-corrected chi connectivity index (χ4v) is 0.489. The molecule has 0 spiro atoms. The van der Waals surface area contributed by atoms with Crippen LogP contribution in [0.2, 0.25) is 0 Å². The normalized spacial score (nSPS) is 11.1. The molecule has 0 amide bonds. The Morgan fingerprint density at radius 1 is 1.44 bits per heavy atom. The molecule has 0 saturated carbocycles. The predicted molar refractivity (Wildman–Crippen MR) is 41.4 cm³/mol. The zero-order valence-electron chi connectivity index (χ0n) is 6.52. The number of nitrogens with zero attached hydrogens (tertiary/aromatic N) is 1. The lowest BCUT2D eigenvalue weighted by molar-refractivity contribution is 0.410. The van der Waals surface area contributed by atoms with Gasteiger partial charge in [0.25, 0.3) is 0 Å². The van der Waals surface area contributed by atoms with E-state index in [9.17, 15) is 0 Å². The van der Waals surface area contributed by atoms with Crippen molar-refractivity contribution in [2.24, 2.45) is 0 Å². The van der Waals surface area contributed by atoms with E-state index in [1.54, 1.807) is 0 Å². The molecule has 54 valence electrons. The van der Waals surface area contributed by atoms with Crippen LogP contribution in [0.1, 0.15) is 6.92 Å². The topological polar surface area (TPSA) is 15.3 Å².